The van der Waals surface area contributed by atoms with Gasteiger partial charge in [-0.25, -0.2) is 4.68 Å². The Morgan fingerprint density at radius 2 is 2.04 bits per heavy atom. The molecular weight excluding hydrogens is 310 g/mol. The van der Waals surface area contributed by atoms with Crippen molar-refractivity contribution in [1.82, 2.24) is 24.8 Å². The molecular formula is C20H35N5. The lowest BCUT2D eigenvalue weighted by molar-refractivity contribution is 0.164. The Kier molecular flexibility index (Phi) is 5.95. The van der Waals surface area contributed by atoms with Gasteiger partial charge in [0.2, 0.25) is 0 Å². The Bertz CT molecular complexity index is 581. The SMILES string of the molecule is CC/C=C(\C)CN1CCC(n2cc(CN3CCCC3(C)C)nn2)CC1. The predicted molar refractivity (Wildman–Crippen MR) is 103 cm³/mol. The number of hydrogen-bond acceptors (Lipinski definition) is 4. The highest BCUT2D eigenvalue weighted by atomic mass is 15.4. The molecule has 2 aliphatic heterocycles. The van der Waals surface area contributed by atoms with Gasteiger partial charge in [-0.05, 0) is 59.4 Å². The molecule has 0 aromatic carbocycles. The fourth-order valence-electron chi connectivity index (χ4n) is 4.32. The lowest BCUT2D eigenvalue weighted by Gasteiger charge is -2.32. The summed E-state index contributed by atoms with van der Waals surface area (Å²) in [5, 5.41) is 8.92. The summed E-state index contributed by atoms with van der Waals surface area (Å²) in [6, 6.07) is 0.513. The fourth-order valence-corrected chi connectivity index (χ4v) is 4.32. The molecule has 140 valence electrons. The summed E-state index contributed by atoms with van der Waals surface area (Å²) in [7, 11) is 0. The van der Waals surface area contributed by atoms with E-state index in [2.05, 4.69) is 64.8 Å². The van der Waals surface area contributed by atoms with Crippen LogP contribution < -0.4 is 0 Å². The minimum atomic E-state index is 0.305. The number of nitrogens with zero attached hydrogens (tertiary/aromatic N) is 5. The second kappa shape index (κ2) is 8.00. The van der Waals surface area contributed by atoms with Crippen LogP contribution in [0.25, 0.3) is 0 Å². The maximum Gasteiger partial charge on any atom is 0.0967 e. The molecule has 3 heterocycles. The quantitative estimate of drug-likeness (QED) is 0.738. The first-order valence-corrected chi connectivity index (χ1v) is 10.0. The molecule has 2 fully saturated rings. The van der Waals surface area contributed by atoms with Gasteiger partial charge in [-0.1, -0.05) is 23.8 Å². The highest BCUT2D eigenvalue weighted by Crippen LogP contribution is 2.29. The third-order valence-electron chi connectivity index (χ3n) is 5.94. The van der Waals surface area contributed by atoms with Gasteiger partial charge in [-0.3, -0.25) is 9.80 Å². The van der Waals surface area contributed by atoms with Crippen molar-refractivity contribution < 1.29 is 0 Å². The molecule has 3 rings (SSSR count). The third-order valence-corrected chi connectivity index (χ3v) is 5.94. The second-order valence-electron chi connectivity index (χ2n) is 8.49. The zero-order valence-electron chi connectivity index (χ0n) is 16.5. The standard InChI is InChI=1S/C20H35N5/c1-5-7-17(2)14-23-12-8-19(9-13-23)25-16-18(21-22-25)15-24-11-6-10-20(24,3)4/h7,16,19H,5-6,8-15H2,1-4H3/b17-7+. The van der Waals surface area contributed by atoms with Gasteiger partial charge in [-0.15, -0.1) is 5.10 Å². The van der Waals surface area contributed by atoms with Crippen molar-refractivity contribution in [2.24, 2.45) is 0 Å². The van der Waals surface area contributed by atoms with Gasteiger partial charge in [0.05, 0.1) is 17.9 Å². The van der Waals surface area contributed by atoms with Gasteiger partial charge >= 0.3 is 0 Å². The summed E-state index contributed by atoms with van der Waals surface area (Å²) < 4.78 is 2.13. The van der Waals surface area contributed by atoms with Gasteiger partial charge in [0, 0.05) is 31.7 Å². The number of aromatic nitrogens is 3. The number of rotatable bonds is 6. The van der Waals surface area contributed by atoms with Crippen LogP contribution in [0.4, 0.5) is 0 Å². The highest BCUT2D eigenvalue weighted by Gasteiger charge is 2.32. The van der Waals surface area contributed by atoms with E-state index in [1.54, 1.807) is 0 Å². The van der Waals surface area contributed by atoms with Crippen LogP contribution in [-0.2, 0) is 6.54 Å². The minimum absolute atomic E-state index is 0.305. The Morgan fingerprint density at radius 3 is 2.68 bits per heavy atom. The first-order chi connectivity index (χ1) is 12.0. The van der Waals surface area contributed by atoms with E-state index in [4.69, 9.17) is 0 Å². The van der Waals surface area contributed by atoms with E-state index in [9.17, 15) is 0 Å². The molecule has 0 spiro atoms. The first-order valence-electron chi connectivity index (χ1n) is 10.0. The molecule has 0 unspecified atom stereocenters. The zero-order valence-corrected chi connectivity index (χ0v) is 16.5. The summed E-state index contributed by atoms with van der Waals surface area (Å²) in [5.41, 5.74) is 2.93. The molecule has 0 aliphatic carbocycles. The fraction of sp³-hybridized carbons (Fsp3) is 0.800. The Balaban J connectivity index is 1.51. The van der Waals surface area contributed by atoms with Crippen LogP contribution >= 0.6 is 0 Å². The number of likely N-dealkylation sites (tertiary alicyclic amines) is 2. The molecule has 0 saturated carbocycles. The lowest BCUT2D eigenvalue weighted by atomic mass is 10.0. The van der Waals surface area contributed by atoms with Crippen LogP contribution in [0, 0.1) is 0 Å². The third kappa shape index (κ3) is 4.70. The topological polar surface area (TPSA) is 37.2 Å². The monoisotopic (exact) mass is 345 g/mol. The van der Waals surface area contributed by atoms with Crippen LogP contribution in [-0.4, -0.2) is 56.5 Å². The van der Waals surface area contributed by atoms with Crippen molar-refractivity contribution in [3.05, 3.63) is 23.5 Å². The molecule has 5 nitrogen and oxygen atoms in total. The molecule has 1 aromatic rings. The molecule has 0 bridgehead atoms. The molecule has 5 heteroatoms. The van der Waals surface area contributed by atoms with E-state index in [-0.39, 0.29) is 0 Å². The molecule has 0 radical (unpaired) electrons. The van der Waals surface area contributed by atoms with Gasteiger partial charge in [-0.2, -0.15) is 0 Å². The van der Waals surface area contributed by atoms with Crippen LogP contribution in [0.3, 0.4) is 0 Å². The molecule has 1 aromatic heterocycles. The van der Waals surface area contributed by atoms with E-state index in [1.165, 1.54) is 37.8 Å². The largest absolute Gasteiger partial charge is 0.299 e. The maximum absolute atomic E-state index is 4.46. The average molecular weight is 346 g/mol. The molecule has 0 N–H and O–H groups in total. The summed E-state index contributed by atoms with van der Waals surface area (Å²) in [6.07, 6.45) is 10.6. The first kappa shape index (κ1) is 18.6. The summed E-state index contributed by atoms with van der Waals surface area (Å²) in [4.78, 5) is 5.12. The highest BCUT2D eigenvalue weighted by molar-refractivity contribution is 5.01. The number of allylic oxidation sites excluding steroid dienone is 1. The Morgan fingerprint density at radius 1 is 1.28 bits per heavy atom. The van der Waals surface area contributed by atoms with E-state index in [1.807, 2.05) is 0 Å². The molecule has 25 heavy (non-hydrogen) atoms. The van der Waals surface area contributed by atoms with Gasteiger partial charge < -0.3 is 0 Å². The van der Waals surface area contributed by atoms with E-state index >= 15 is 0 Å². The second-order valence-corrected chi connectivity index (χ2v) is 8.49. The molecule has 2 saturated heterocycles. The number of piperidine rings is 1. The predicted octanol–water partition coefficient (Wildman–Crippen LogP) is 3.65. The zero-order chi connectivity index (χ0) is 17.9. The summed E-state index contributed by atoms with van der Waals surface area (Å²) >= 11 is 0. The van der Waals surface area contributed by atoms with E-state index in [0.717, 1.165) is 38.3 Å². The van der Waals surface area contributed by atoms with Crippen molar-refractivity contribution in [1.29, 1.82) is 0 Å². The molecule has 0 atom stereocenters. The minimum Gasteiger partial charge on any atom is -0.299 e. The summed E-state index contributed by atoms with van der Waals surface area (Å²) in [5.74, 6) is 0. The average Bonchev–Trinajstić information content (AvgIpc) is 3.16. The van der Waals surface area contributed by atoms with Crippen LogP contribution in [0.2, 0.25) is 0 Å². The Labute approximate surface area is 153 Å². The van der Waals surface area contributed by atoms with E-state index in [0.29, 0.717) is 11.6 Å². The lowest BCUT2D eigenvalue weighted by Crippen LogP contribution is -2.37. The van der Waals surface area contributed by atoms with Crippen molar-refractivity contribution in [3.63, 3.8) is 0 Å². The molecule has 0 amide bonds. The van der Waals surface area contributed by atoms with Crippen LogP contribution in [0.5, 0.6) is 0 Å². The number of hydrogen-bond donors (Lipinski definition) is 0. The smallest absolute Gasteiger partial charge is 0.0967 e. The van der Waals surface area contributed by atoms with Crippen molar-refractivity contribution in [2.75, 3.05) is 26.2 Å². The van der Waals surface area contributed by atoms with Gasteiger partial charge in [0.25, 0.3) is 0 Å². The van der Waals surface area contributed by atoms with Gasteiger partial charge in [0.1, 0.15) is 0 Å². The summed E-state index contributed by atoms with van der Waals surface area (Å²) in [6.45, 7) is 14.7. The van der Waals surface area contributed by atoms with Crippen molar-refractivity contribution in [2.45, 2.75) is 77.9 Å². The van der Waals surface area contributed by atoms with Crippen molar-refractivity contribution >= 4 is 0 Å². The maximum atomic E-state index is 4.46. The molecule has 2 aliphatic rings. The van der Waals surface area contributed by atoms with Crippen molar-refractivity contribution in [3.8, 4) is 0 Å². The van der Waals surface area contributed by atoms with Crippen LogP contribution in [0.15, 0.2) is 17.8 Å². The normalized spacial score (nSPS) is 23.4. The van der Waals surface area contributed by atoms with Crippen LogP contribution in [0.1, 0.15) is 71.5 Å². The van der Waals surface area contributed by atoms with Gasteiger partial charge in [0.15, 0.2) is 0 Å². The Hall–Kier alpha value is -1.20. The van der Waals surface area contributed by atoms with E-state index < -0.39 is 0 Å².